The number of aromatic nitrogens is 2. The molecule has 0 fully saturated rings. The molecule has 0 saturated heterocycles. The van der Waals surface area contributed by atoms with Gasteiger partial charge in [-0.1, -0.05) is 11.6 Å². The van der Waals surface area contributed by atoms with E-state index in [4.69, 9.17) is 31.7 Å². The molecule has 4 rings (SSSR count). The number of nitrogens with one attached hydrogen (secondary N) is 1. The quantitative estimate of drug-likeness (QED) is 0.407. The molecule has 4 aromatic rings. The Balaban J connectivity index is 1.65. The number of rotatable bonds is 5. The zero-order valence-corrected chi connectivity index (χ0v) is 16.6. The molecular weight excluding hydrogens is 427 g/mol. The number of ether oxygens (including phenoxy) is 1. The van der Waals surface area contributed by atoms with Gasteiger partial charge in [0.15, 0.2) is 5.76 Å². The Morgan fingerprint density at radius 3 is 2.74 bits per heavy atom. The van der Waals surface area contributed by atoms with E-state index < -0.39 is 11.7 Å². The summed E-state index contributed by atoms with van der Waals surface area (Å²) in [7, 11) is 1.32. The third-order valence-corrected chi connectivity index (χ3v) is 4.44. The number of halogens is 2. The van der Waals surface area contributed by atoms with Gasteiger partial charge in [0.25, 0.3) is 11.8 Å². The summed E-state index contributed by atoms with van der Waals surface area (Å²) < 4.78 is 30.3. The van der Waals surface area contributed by atoms with Gasteiger partial charge in [-0.15, -0.1) is 10.2 Å². The van der Waals surface area contributed by atoms with Crippen molar-refractivity contribution in [3.05, 3.63) is 76.5 Å². The van der Waals surface area contributed by atoms with Crippen LogP contribution in [0.2, 0.25) is 5.02 Å². The molecule has 0 saturated carbocycles. The smallest absolute Gasteiger partial charge is 0.283 e. The summed E-state index contributed by atoms with van der Waals surface area (Å²) >= 11 is 6.00. The Morgan fingerprint density at radius 2 is 2.03 bits per heavy atom. The van der Waals surface area contributed by atoms with Gasteiger partial charge in [0.2, 0.25) is 11.6 Å². The molecule has 0 unspecified atom stereocenters. The minimum absolute atomic E-state index is 0.0105. The molecule has 0 spiro atoms. The third-order valence-electron chi connectivity index (χ3n) is 4.22. The maximum Gasteiger partial charge on any atom is 0.283 e. The van der Waals surface area contributed by atoms with Crippen LogP contribution >= 0.6 is 11.6 Å². The molecule has 2 aromatic carbocycles. The average Bonchev–Trinajstić information content (AvgIpc) is 3.46. The van der Waals surface area contributed by atoms with Crippen LogP contribution in [-0.4, -0.2) is 23.2 Å². The summed E-state index contributed by atoms with van der Waals surface area (Å²) in [6.07, 6.45) is 1.47. The summed E-state index contributed by atoms with van der Waals surface area (Å²) in [6.45, 7) is 7.22. The van der Waals surface area contributed by atoms with E-state index in [1.54, 1.807) is 12.1 Å². The summed E-state index contributed by atoms with van der Waals surface area (Å²) in [4.78, 5) is 16.1. The zero-order valence-electron chi connectivity index (χ0n) is 15.8. The first-order valence-corrected chi connectivity index (χ1v) is 9.11. The largest absolute Gasteiger partial charge is 0.507 e. The zero-order chi connectivity index (χ0) is 22.0. The van der Waals surface area contributed by atoms with Crippen molar-refractivity contribution in [3.63, 3.8) is 0 Å². The highest BCUT2D eigenvalue weighted by Crippen LogP contribution is 2.36. The number of methoxy groups -OCH3 is 1. The van der Waals surface area contributed by atoms with E-state index in [1.165, 1.54) is 37.6 Å². The molecule has 0 aliphatic rings. The number of carbonyl (C=O) groups excluding carboxylic acids is 1. The first kappa shape index (κ1) is 20.1. The van der Waals surface area contributed by atoms with Crippen LogP contribution < -0.4 is 10.1 Å². The first-order valence-electron chi connectivity index (χ1n) is 8.74. The molecule has 0 radical (unpaired) electrons. The van der Waals surface area contributed by atoms with Gasteiger partial charge in [-0.05, 0) is 42.5 Å². The number of nitrogens with zero attached hydrogens (tertiary/aromatic N) is 3. The van der Waals surface area contributed by atoms with Gasteiger partial charge in [-0.25, -0.2) is 9.24 Å². The maximum atomic E-state index is 14.4. The van der Waals surface area contributed by atoms with Crippen molar-refractivity contribution >= 4 is 28.9 Å². The van der Waals surface area contributed by atoms with Gasteiger partial charge < -0.3 is 18.9 Å². The molecule has 10 heteroatoms. The van der Waals surface area contributed by atoms with Crippen LogP contribution in [0.3, 0.4) is 0 Å². The maximum absolute atomic E-state index is 14.4. The van der Waals surface area contributed by atoms with Crippen LogP contribution in [0, 0.1) is 12.4 Å². The number of anilines is 1. The van der Waals surface area contributed by atoms with E-state index in [0.717, 1.165) is 6.07 Å². The minimum atomic E-state index is -0.706. The summed E-state index contributed by atoms with van der Waals surface area (Å²) in [6, 6.07) is 9.97. The highest BCUT2D eigenvalue weighted by molar-refractivity contribution is 6.31. The van der Waals surface area contributed by atoms with E-state index in [9.17, 15) is 9.18 Å². The van der Waals surface area contributed by atoms with Crippen molar-refractivity contribution in [2.45, 2.75) is 0 Å². The van der Waals surface area contributed by atoms with E-state index in [0.29, 0.717) is 11.3 Å². The average molecular weight is 439 g/mol. The van der Waals surface area contributed by atoms with E-state index in [2.05, 4.69) is 20.4 Å². The van der Waals surface area contributed by atoms with Gasteiger partial charge >= 0.3 is 0 Å². The number of benzene rings is 2. The van der Waals surface area contributed by atoms with Crippen LogP contribution in [0.5, 0.6) is 5.75 Å². The van der Waals surface area contributed by atoms with Gasteiger partial charge in [0.05, 0.1) is 31.2 Å². The molecule has 0 atom stereocenters. The predicted molar refractivity (Wildman–Crippen MR) is 110 cm³/mol. The molecule has 0 bridgehead atoms. The lowest BCUT2D eigenvalue weighted by Gasteiger charge is -2.12. The lowest BCUT2D eigenvalue weighted by Crippen LogP contribution is -2.14. The van der Waals surface area contributed by atoms with Gasteiger partial charge in [-0.3, -0.25) is 4.79 Å². The normalized spacial score (nSPS) is 10.5. The van der Waals surface area contributed by atoms with Crippen LogP contribution in [-0.2, 0) is 0 Å². The number of hydrogen-bond donors (Lipinski definition) is 1. The number of amides is 1. The Hall–Kier alpha value is -4.16. The molecule has 1 N–H and O–H groups in total. The first-order chi connectivity index (χ1) is 15.0. The molecule has 31 heavy (non-hydrogen) atoms. The third kappa shape index (κ3) is 3.97. The van der Waals surface area contributed by atoms with Crippen molar-refractivity contribution in [1.82, 2.24) is 10.2 Å². The van der Waals surface area contributed by atoms with Gasteiger partial charge in [0.1, 0.15) is 11.6 Å². The van der Waals surface area contributed by atoms with E-state index >= 15 is 0 Å². The Labute approximate surface area is 180 Å². The van der Waals surface area contributed by atoms with Crippen molar-refractivity contribution in [2.75, 3.05) is 12.4 Å². The van der Waals surface area contributed by atoms with Crippen LogP contribution in [0.15, 0.2) is 57.6 Å². The Morgan fingerprint density at radius 1 is 1.23 bits per heavy atom. The molecule has 154 valence electrons. The molecule has 8 nitrogen and oxygen atoms in total. The summed E-state index contributed by atoms with van der Waals surface area (Å²) in [5.74, 6) is -0.703. The fourth-order valence-electron chi connectivity index (χ4n) is 2.83. The summed E-state index contributed by atoms with van der Waals surface area (Å²) in [5.41, 5.74) is 0.294. The summed E-state index contributed by atoms with van der Waals surface area (Å²) in [5, 5.41) is 10.5. The predicted octanol–water partition coefficient (Wildman–Crippen LogP) is 5.60. The lowest BCUT2D eigenvalue weighted by atomic mass is 10.1. The van der Waals surface area contributed by atoms with Crippen molar-refractivity contribution in [1.29, 1.82) is 0 Å². The standard InChI is InChI=1S/C21H12ClFN4O4/c1-24-16-10-12(22)9-13(18(16)29-2)19(28)25-15-8-11(5-6-14(15)23)20-26-27-21(31-20)17-4-3-7-30-17/h3-10H,2H3,(H,25,28). The number of hydrogen-bond acceptors (Lipinski definition) is 6. The van der Waals surface area contributed by atoms with Crippen molar-refractivity contribution in [3.8, 4) is 28.9 Å². The van der Waals surface area contributed by atoms with Crippen LogP contribution in [0.4, 0.5) is 15.8 Å². The second-order valence-corrected chi connectivity index (χ2v) is 6.59. The highest BCUT2D eigenvalue weighted by Gasteiger charge is 2.20. The van der Waals surface area contributed by atoms with Crippen LogP contribution in [0.25, 0.3) is 28.0 Å². The SMILES string of the molecule is [C-]#[N+]c1cc(Cl)cc(C(=O)Nc2cc(-c3nnc(-c4ccco4)o3)ccc2F)c1OC. The number of furan rings is 1. The molecule has 2 aromatic heterocycles. The second kappa shape index (κ2) is 8.30. The molecule has 2 heterocycles. The Kier molecular flexibility index (Phi) is 5.39. The second-order valence-electron chi connectivity index (χ2n) is 6.16. The van der Waals surface area contributed by atoms with Gasteiger partial charge in [-0.2, -0.15) is 0 Å². The lowest BCUT2D eigenvalue weighted by molar-refractivity contribution is 0.102. The van der Waals surface area contributed by atoms with Crippen LogP contribution in [0.1, 0.15) is 10.4 Å². The topological polar surface area (TPSA) is 94.8 Å². The monoisotopic (exact) mass is 438 g/mol. The fourth-order valence-corrected chi connectivity index (χ4v) is 3.04. The molecule has 1 amide bonds. The van der Waals surface area contributed by atoms with Gasteiger partial charge in [0, 0.05) is 10.6 Å². The number of carbonyl (C=O) groups is 1. The van der Waals surface area contributed by atoms with Crippen molar-refractivity contribution in [2.24, 2.45) is 0 Å². The highest BCUT2D eigenvalue weighted by atomic mass is 35.5. The molecule has 0 aliphatic carbocycles. The van der Waals surface area contributed by atoms with E-state index in [-0.39, 0.29) is 39.5 Å². The Bertz CT molecular complexity index is 1310. The van der Waals surface area contributed by atoms with Crippen molar-refractivity contribution < 1.29 is 22.8 Å². The minimum Gasteiger partial charge on any atom is -0.507 e. The fraction of sp³-hybridized carbons (Fsp3) is 0.0476. The van der Waals surface area contributed by atoms with E-state index in [1.807, 2.05) is 0 Å². The molecule has 0 aliphatic heterocycles. The molecular formula is C21H12ClFN4O4.